The smallest absolute Gasteiger partial charge is 0.239 e. The molecule has 0 aromatic carbocycles. The zero-order valence-electron chi connectivity index (χ0n) is 9.42. The van der Waals surface area contributed by atoms with E-state index in [0.717, 1.165) is 17.7 Å². The number of rotatable bonds is 4. The van der Waals surface area contributed by atoms with Crippen LogP contribution in [0.3, 0.4) is 0 Å². The lowest BCUT2D eigenvalue weighted by Gasteiger charge is -1.99. The van der Waals surface area contributed by atoms with Crippen LogP contribution in [-0.2, 0) is 4.79 Å². The van der Waals surface area contributed by atoms with E-state index in [1.165, 1.54) is 11.8 Å². The van der Waals surface area contributed by atoms with Crippen molar-refractivity contribution in [2.45, 2.75) is 25.0 Å². The standard InChI is InChI=1S/C11H13N3OS2/c1-2-4-9-10(15)13-11(17-9)14-12-7-8-5-3-6-16-8/h3,5-7,9H,2,4H2,1H3,(H,13,14,15)/b12-7-/t9-/m0/s1. The number of hydrogen-bond acceptors (Lipinski definition) is 5. The zero-order chi connectivity index (χ0) is 12.1. The number of carbonyl (C=O) groups is 1. The molecule has 0 saturated carbocycles. The van der Waals surface area contributed by atoms with Gasteiger partial charge in [-0.3, -0.25) is 4.79 Å². The molecule has 0 unspecified atom stereocenters. The minimum Gasteiger partial charge on any atom is -0.303 e. The summed E-state index contributed by atoms with van der Waals surface area (Å²) in [6.45, 7) is 2.07. The predicted molar refractivity (Wildman–Crippen MR) is 73.8 cm³/mol. The average molecular weight is 267 g/mol. The van der Waals surface area contributed by atoms with E-state index in [0.29, 0.717) is 5.17 Å². The average Bonchev–Trinajstić information content (AvgIpc) is 2.91. The van der Waals surface area contributed by atoms with Gasteiger partial charge in [0.2, 0.25) is 5.91 Å². The van der Waals surface area contributed by atoms with Gasteiger partial charge in [-0.05, 0) is 17.9 Å². The first kappa shape index (κ1) is 12.3. The van der Waals surface area contributed by atoms with Gasteiger partial charge in [0.25, 0.3) is 0 Å². The van der Waals surface area contributed by atoms with Crippen LogP contribution in [0, 0.1) is 0 Å². The highest BCUT2D eigenvalue weighted by atomic mass is 32.2. The lowest BCUT2D eigenvalue weighted by atomic mass is 10.2. The van der Waals surface area contributed by atoms with Gasteiger partial charge in [-0.15, -0.1) is 16.4 Å². The van der Waals surface area contributed by atoms with E-state index in [1.807, 2.05) is 17.5 Å². The largest absolute Gasteiger partial charge is 0.303 e. The van der Waals surface area contributed by atoms with Crippen LogP contribution >= 0.6 is 23.1 Å². The van der Waals surface area contributed by atoms with Gasteiger partial charge < -0.3 is 5.32 Å². The monoisotopic (exact) mass is 267 g/mol. The fourth-order valence-corrected chi connectivity index (χ4v) is 3.03. The van der Waals surface area contributed by atoms with Crippen LogP contribution in [-0.4, -0.2) is 22.5 Å². The van der Waals surface area contributed by atoms with Crippen molar-refractivity contribution in [2.75, 3.05) is 0 Å². The van der Waals surface area contributed by atoms with Crippen LogP contribution in [0.4, 0.5) is 0 Å². The summed E-state index contributed by atoms with van der Waals surface area (Å²) < 4.78 is 0. The minimum absolute atomic E-state index is 0.00399. The molecule has 1 fully saturated rings. The highest BCUT2D eigenvalue weighted by Crippen LogP contribution is 2.23. The molecule has 1 aliphatic heterocycles. The number of thiophene rings is 1. The number of thioether (sulfide) groups is 1. The molecule has 1 atom stereocenters. The van der Waals surface area contributed by atoms with Gasteiger partial charge in [-0.1, -0.05) is 31.2 Å². The molecule has 0 bridgehead atoms. The number of nitrogens with one attached hydrogen (secondary N) is 1. The maximum absolute atomic E-state index is 11.5. The Morgan fingerprint density at radius 1 is 1.59 bits per heavy atom. The fourth-order valence-electron chi connectivity index (χ4n) is 1.41. The van der Waals surface area contributed by atoms with Crippen molar-refractivity contribution < 1.29 is 4.79 Å². The molecule has 1 aromatic rings. The number of amidine groups is 1. The van der Waals surface area contributed by atoms with E-state index in [4.69, 9.17) is 0 Å². The van der Waals surface area contributed by atoms with Crippen LogP contribution in [0.25, 0.3) is 0 Å². The molecule has 4 nitrogen and oxygen atoms in total. The maximum atomic E-state index is 11.5. The Bertz CT molecular complexity index is 440. The Balaban J connectivity index is 1.93. The summed E-state index contributed by atoms with van der Waals surface area (Å²) in [5.74, 6) is 0.0434. The molecule has 0 radical (unpaired) electrons. The lowest BCUT2D eigenvalue weighted by Crippen LogP contribution is -2.24. The van der Waals surface area contributed by atoms with Crippen molar-refractivity contribution in [1.82, 2.24) is 5.32 Å². The summed E-state index contributed by atoms with van der Waals surface area (Å²) in [4.78, 5) is 12.6. The molecule has 6 heteroatoms. The Kier molecular flexibility index (Phi) is 4.33. The van der Waals surface area contributed by atoms with Crippen LogP contribution in [0.1, 0.15) is 24.6 Å². The molecule has 1 aromatic heterocycles. The van der Waals surface area contributed by atoms with Crippen molar-refractivity contribution in [3.8, 4) is 0 Å². The van der Waals surface area contributed by atoms with E-state index in [1.54, 1.807) is 17.6 Å². The number of nitrogens with zero attached hydrogens (tertiary/aromatic N) is 2. The van der Waals surface area contributed by atoms with E-state index in [9.17, 15) is 4.79 Å². The third kappa shape index (κ3) is 3.41. The molecule has 1 amide bonds. The molecule has 17 heavy (non-hydrogen) atoms. The first-order chi connectivity index (χ1) is 8.29. The summed E-state index contributed by atoms with van der Waals surface area (Å²) in [5.41, 5.74) is 0. The van der Waals surface area contributed by atoms with Crippen LogP contribution in [0.5, 0.6) is 0 Å². The summed E-state index contributed by atoms with van der Waals surface area (Å²) in [6.07, 6.45) is 3.57. The van der Waals surface area contributed by atoms with Gasteiger partial charge in [0.1, 0.15) is 0 Å². The first-order valence-corrected chi connectivity index (χ1v) is 7.17. The van der Waals surface area contributed by atoms with Crippen LogP contribution < -0.4 is 5.32 Å². The molecule has 1 N–H and O–H groups in total. The fraction of sp³-hybridized carbons (Fsp3) is 0.364. The Labute approximate surface area is 108 Å². The second kappa shape index (κ2) is 5.97. The highest BCUT2D eigenvalue weighted by molar-refractivity contribution is 8.15. The SMILES string of the molecule is CCC[C@@H]1S/C(=N\N=C/c2cccs2)NC1=O. The van der Waals surface area contributed by atoms with Gasteiger partial charge in [-0.2, -0.15) is 5.10 Å². The molecular formula is C11H13N3OS2. The topological polar surface area (TPSA) is 53.8 Å². The third-order valence-corrected chi connectivity index (χ3v) is 4.15. The van der Waals surface area contributed by atoms with Crippen molar-refractivity contribution in [2.24, 2.45) is 10.2 Å². The predicted octanol–water partition coefficient (Wildman–Crippen LogP) is 2.47. The van der Waals surface area contributed by atoms with Crippen molar-refractivity contribution in [3.05, 3.63) is 22.4 Å². The second-order valence-corrected chi connectivity index (χ2v) is 5.72. The summed E-state index contributed by atoms with van der Waals surface area (Å²) in [5, 5.41) is 13.3. The van der Waals surface area contributed by atoms with Crippen LogP contribution in [0.15, 0.2) is 27.7 Å². The third-order valence-electron chi connectivity index (χ3n) is 2.20. The van der Waals surface area contributed by atoms with E-state index in [2.05, 4.69) is 22.4 Å². The van der Waals surface area contributed by atoms with Crippen molar-refractivity contribution in [3.63, 3.8) is 0 Å². The number of amides is 1. The quantitative estimate of drug-likeness (QED) is 0.673. The number of hydrogen-bond donors (Lipinski definition) is 1. The summed E-state index contributed by atoms with van der Waals surface area (Å²) in [7, 11) is 0. The van der Waals surface area contributed by atoms with E-state index >= 15 is 0 Å². The van der Waals surface area contributed by atoms with Crippen molar-refractivity contribution in [1.29, 1.82) is 0 Å². The van der Waals surface area contributed by atoms with Crippen LogP contribution in [0.2, 0.25) is 0 Å². The minimum atomic E-state index is -0.00399. The molecular weight excluding hydrogens is 254 g/mol. The molecule has 0 aliphatic carbocycles. The zero-order valence-corrected chi connectivity index (χ0v) is 11.1. The number of carbonyl (C=O) groups excluding carboxylic acids is 1. The van der Waals surface area contributed by atoms with Gasteiger partial charge in [0.05, 0.1) is 11.5 Å². The maximum Gasteiger partial charge on any atom is 0.239 e. The highest BCUT2D eigenvalue weighted by Gasteiger charge is 2.29. The Hall–Kier alpha value is -1.14. The van der Waals surface area contributed by atoms with Gasteiger partial charge >= 0.3 is 0 Å². The molecule has 1 saturated heterocycles. The molecule has 0 spiro atoms. The first-order valence-electron chi connectivity index (χ1n) is 5.41. The molecule has 1 aliphatic rings. The lowest BCUT2D eigenvalue weighted by molar-refractivity contribution is -0.118. The summed E-state index contributed by atoms with van der Waals surface area (Å²) >= 11 is 3.06. The molecule has 2 heterocycles. The van der Waals surface area contributed by atoms with Gasteiger partial charge in [0, 0.05) is 4.88 Å². The van der Waals surface area contributed by atoms with Gasteiger partial charge in [-0.25, -0.2) is 0 Å². The normalized spacial score (nSPS) is 22.5. The summed E-state index contributed by atoms with van der Waals surface area (Å²) in [6, 6.07) is 3.93. The molecule has 90 valence electrons. The Morgan fingerprint density at radius 2 is 2.47 bits per heavy atom. The second-order valence-electron chi connectivity index (χ2n) is 3.55. The van der Waals surface area contributed by atoms with E-state index < -0.39 is 0 Å². The van der Waals surface area contributed by atoms with Gasteiger partial charge in [0.15, 0.2) is 5.17 Å². The van der Waals surface area contributed by atoms with Crippen molar-refractivity contribution >= 4 is 40.4 Å². The Morgan fingerprint density at radius 3 is 3.18 bits per heavy atom. The molecule has 2 rings (SSSR count). The van der Waals surface area contributed by atoms with E-state index in [-0.39, 0.29) is 11.2 Å².